The van der Waals surface area contributed by atoms with Crippen molar-refractivity contribution in [3.63, 3.8) is 0 Å². The quantitative estimate of drug-likeness (QED) is 0.763. The molecule has 0 saturated heterocycles. The fourth-order valence-electron chi connectivity index (χ4n) is 2.34. The predicted octanol–water partition coefficient (Wildman–Crippen LogP) is 3.23. The summed E-state index contributed by atoms with van der Waals surface area (Å²) >= 11 is 5.95. The van der Waals surface area contributed by atoms with Gasteiger partial charge in [0.25, 0.3) is 0 Å². The number of halogens is 1. The molecule has 1 heterocycles. The SMILES string of the molecule is CC1CC1n1c(CCl)nc2ccc(C#N)cc21. The molecule has 1 saturated carbocycles. The molecule has 0 amide bonds. The van der Waals surface area contributed by atoms with Crippen LogP contribution in [0.4, 0.5) is 0 Å². The third kappa shape index (κ3) is 1.60. The van der Waals surface area contributed by atoms with E-state index in [1.165, 1.54) is 6.42 Å². The van der Waals surface area contributed by atoms with Gasteiger partial charge in [-0.05, 0) is 30.5 Å². The lowest BCUT2D eigenvalue weighted by atomic mass is 10.2. The maximum atomic E-state index is 8.95. The van der Waals surface area contributed by atoms with Gasteiger partial charge in [-0.25, -0.2) is 4.98 Å². The van der Waals surface area contributed by atoms with Crippen LogP contribution in [0.5, 0.6) is 0 Å². The second-order valence-electron chi connectivity index (χ2n) is 4.63. The van der Waals surface area contributed by atoms with Gasteiger partial charge in [0.05, 0.1) is 28.5 Å². The second kappa shape index (κ2) is 3.75. The van der Waals surface area contributed by atoms with Gasteiger partial charge in [-0.3, -0.25) is 0 Å². The van der Waals surface area contributed by atoms with E-state index in [0.717, 1.165) is 16.9 Å². The molecule has 3 nitrogen and oxygen atoms in total. The summed E-state index contributed by atoms with van der Waals surface area (Å²) in [6.07, 6.45) is 1.17. The standard InChI is InChI=1S/C13H12ClN3/c1-8-4-11(8)17-12-5-9(7-15)2-3-10(12)16-13(17)6-14/h2-3,5,8,11H,4,6H2,1H3. The predicted molar refractivity (Wildman–Crippen MR) is 66.8 cm³/mol. The molecule has 0 N–H and O–H groups in total. The van der Waals surface area contributed by atoms with Crippen LogP contribution in [0.1, 0.15) is 30.8 Å². The molecule has 2 atom stereocenters. The van der Waals surface area contributed by atoms with Crippen LogP contribution in [0.25, 0.3) is 11.0 Å². The molecule has 0 aliphatic heterocycles. The van der Waals surface area contributed by atoms with Crippen LogP contribution in [0, 0.1) is 17.2 Å². The molecule has 1 aromatic carbocycles. The van der Waals surface area contributed by atoms with E-state index >= 15 is 0 Å². The Kier molecular flexibility index (Phi) is 2.34. The number of benzene rings is 1. The minimum Gasteiger partial charge on any atom is -0.324 e. The van der Waals surface area contributed by atoms with Crippen molar-refractivity contribution in [2.75, 3.05) is 0 Å². The molecule has 0 radical (unpaired) electrons. The minimum absolute atomic E-state index is 0.416. The molecule has 1 aliphatic rings. The van der Waals surface area contributed by atoms with E-state index in [1.807, 2.05) is 12.1 Å². The van der Waals surface area contributed by atoms with E-state index < -0.39 is 0 Å². The van der Waals surface area contributed by atoms with Gasteiger partial charge in [0.15, 0.2) is 0 Å². The van der Waals surface area contributed by atoms with E-state index in [9.17, 15) is 0 Å². The maximum absolute atomic E-state index is 8.95. The van der Waals surface area contributed by atoms with Crippen LogP contribution >= 0.6 is 11.6 Å². The van der Waals surface area contributed by atoms with Crippen LogP contribution < -0.4 is 0 Å². The van der Waals surface area contributed by atoms with Gasteiger partial charge < -0.3 is 4.57 Å². The Balaban J connectivity index is 2.25. The van der Waals surface area contributed by atoms with E-state index in [1.54, 1.807) is 6.07 Å². The van der Waals surface area contributed by atoms with Crippen LogP contribution in [0.3, 0.4) is 0 Å². The lowest BCUT2D eigenvalue weighted by molar-refractivity contribution is 0.677. The number of fused-ring (bicyclic) bond motifs is 1. The fraction of sp³-hybridized carbons (Fsp3) is 0.385. The number of rotatable bonds is 2. The van der Waals surface area contributed by atoms with Crippen molar-refractivity contribution >= 4 is 22.6 Å². The normalized spacial score (nSPS) is 22.6. The molecule has 3 rings (SSSR count). The lowest BCUT2D eigenvalue weighted by Crippen LogP contribution is -2.00. The number of alkyl halides is 1. The summed E-state index contributed by atoms with van der Waals surface area (Å²) in [4.78, 5) is 4.52. The minimum atomic E-state index is 0.416. The third-order valence-electron chi connectivity index (χ3n) is 3.41. The highest BCUT2D eigenvalue weighted by atomic mass is 35.5. The van der Waals surface area contributed by atoms with Gasteiger partial charge in [0.2, 0.25) is 0 Å². The first-order valence-electron chi connectivity index (χ1n) is 5.71. The smallest absolute Gasteiger partial charge is 0.125 e. The van der Waals surface area contributed by atoms with Crippen molar-refractivity contribution < 1.29 is 0 Å². The third-order valence-corrected chi connectivity index (χ3v) is 3.65. The molecule has 0 bridgehead atoms. The monoisotopic (exact) mass is 245 g/mol. The van der Waals surface area contributed by atoms with E-state index in [0.29, 0.717) is 23.4 Å². The van der Waals surface area contributed by atoms with Crippen molar-refractivity contribution in [3.05, 3.63) is 29.6 Å². The van der Waals surface area contributed by atoms with Gasteiger partial charge in [0.1, 0.15) is 5.82 Å². The lowest BCUT2D eigenvalue weighted by Gasteiger charge is -2.05. The van der Waals surface area contributed by atoms with Crippen molar-refractivity contribution in [2.24, 2.45) is 5.92 Å². The number of imidazole rings is 1. The summed E-state index contributed by atoms with van der Waals surface area (Å²) in [5.41, 5.74) is 2.64. The zero-order valence-electron chi connectivity index (χ0n) is 9.52. The maximum Gasteiger partial charge on any atom is 0.125 e. The molecule has 1 aliphatic carbocycles. The molecule has 1 aromatic heterocycles. The average molecular weight is 246 g/mol. The molecule has 17 heavy (non-hydrogen) atoms. The Morgan fingerprint density at radius 3 is 2.94 bits per heavy atom. The van der Waals surface area contributed by atoms with Crippen molar-refractivity contribution in [2.45, 2.75) is 25.3 Å². The molecule has 1 fully saturated rings. The van der Waals surface area contributed by atoms with Gasteiger partial charge in [-0.1, -0.05) is 6.92 Å². The highest BCUT2D eigenvalue weighted by Gasteiger charge is 2.36. The first-order valence-corrected chi connectivity index (χ1v) is 6.25. The van der Waals surface area contributed by atoms with Crippen LogP contribution in [-0.4, -0.2) is 9.55 Å². The summed E-state index contributed by atoms with van der Waals surface area (Å²) < 4.78 is 2.20. The molecule has 86 valence electrons. The molecular formula is C13H12ClN3. The second-order valence-corrected chi connectivity index (χ2v) is 4.89. The summed E-state index contributed by atoms with van der Waals surface area (Å²) in [5, 5.41) is 8.95. The van der Waals surface area contributed by atoms with Gasteiger partial charge in [-0.2, -0.15) is 5.26 Å². The highest BCUT2D eigenvalue weighted by Crippen LogP contribution is 2.45. The fourth-order valence-corrected chi connectivity index (χ4v) is 2.53. The Bertz CT molecular complexity index is 623. The van der Waals surface area contributed by atoms with Crippen molar-refractivity contribution in [1.82, 2.24) is 9.55 Å². The molecule has 2 aromatic rings. The van der Waals surface area contributed by atoms with Gasteiger partial charge >= 0.3 is 0 Å². The Morgan fingerprint density at radius 2 is 2.35 bits per heavy atom. The number of nitriles is 1. The number of aromatic nitrogens is 2. The largest absolute Gasteiger partial charge is 0.324 e. The van der Waals surface area contributed by atoms with Crippen LogP contribution in [-0.2, 0) is 5.88 Å². The Morgan fingerprint density at radius 1 is 1.59 bits per heavy atom. The molecule has 2 unspecified atom stereocenters. The van der Waals surface area contributed by atoms with Gasteiger partial charge in [0, 0.05) is 6.04 Å². The van der Waals surface area contributed by atoms with E-state index in [2.05, 4.69) is 22.5 Å². The molecular weight excluding hydrogens is 234 g/mol. The summed E-state index contributed by atoms with van der Waals surface area (Å²) in [7, 11) is 0. The summed E-state index contributed by atoms with van der Waals surface area (Å²) in [6, 6.07) is 8.27. The van der Waals surface area contributed by atoms with Crippen molar-refractivity contribution in [3.8, 4) is 6.07 Å². The first kappa shape index (κ1) is 10.6. The molecule has 0 spiro atoms. The number of nitrogens with zero attached hydrogens (tertiary/aromatic N) is 3. The first-order chi connectivity index (χ1) is 8.24. The zero-order chi connectivity index (χ0) is 12.0. The summed E-state index contributed by atoms with van der Waals surface area (Å²) in [6.45, 7) is 2.22. The van der Waals surface area contributed by atoms with Crippen LogP contribution in [0.2, 0.25) is 0 Å². The number of hydrogen-bond acceptors (Lipinski definition) is 2. The number of hydrogen-bond donors (Lipinski definition) is 0. The van der Waals surface area contributed by atoms with E-state index in [4.69, 9.17) is 16.9 Å². The van der Waals surface area contributed by atoms with Gasteiger partial charge in [-0.15, -0.1) is 11.6 Å². The highest BCUT2D eigenvalue weighted by molar-refractivity contribution is 6.16. The topological polar surface area (TPSA) is 41.6 Å². The molecule has 4 heteroatoms. The Hall–Kier alpha value is -1.53. The average Bonchev–Trinajstić information content (AvgIpc) is 2.94. The zero-order valence-corrected chi connectivity index (χ0v) is 10.3. The summed E-state index contributed by atoms with van der Waals surface area (Å²) in [5.74, 6) is 2.01. The Labute approximate surface area is 105 Å². The van der Waals surface area contributed by atoms with Crippen LogP contribution in [0.15, 0.2) is 18.2 Å². The van der Waals surface area contributed by atoms with E-state index in [-0.39, 0.29) is 0 Å². The van der Waals surface area contributed by atoms with Crippen molar-refractivity contribution in [1.29, 1.82) is 5.26 Å².